The van der Waals surface area contributed by atoms with Crippen molar-refractivity contribution in [3.63, 3.8) is 0 Å². The van der Waals surface area contributed by atoms with Gasteiger partial charge in [-0.1, -0.05) is 0 Å². The Kier molecular flexibility index (Phi) is 4.53. The third-order valence-corrected chi connectivity index (χ3v) is 5.33. The molecule has 0 bridgehead atoms. The number of carbonyl (C=O) groups is 2. The van der Waals surface area contributed by atoms with Crippen molar-refractivity contribution in [2.45, 2.75) is 32.2 Å². The van der Waals surface area contributed by atoms with Crippen molar-refractivity contribution in [2.24, 2.45) is 0 Å². The van der Waals surface area contributed by atoms with Crippen molar-refractivity contribution in [2.75, 3.05) is 12.4 Å². The first-order valence-electron chi connectivity index (χ1n) is 7.64. The number of fused-ring (bicyclic) bond motifs is 1. The first kappa shape index (κ1) is 17.1. The summed E-state index contributed by atoms with van der Waals surface area (Å²) in [5, 5.41) is 17.8. The van der Waals surface area contributed by atoms with Crippen molar-refractivity contribution in [1.82, 2.24) is 9.78 Å². The third kappa shape index (κ3) is 3.12. The second-order valence-electron chi connectivity index (χ2n) is 5.65. The van der Waals surface area contributed by atoms with Crippen LogP contribution in [0.3, 0.4) is 0 Å². The molecule has 0 saturated carbocycles. The first-order chi connectivity index (χ1) is 11.9. The van der Waals surface area contributed by atoms with Crippen LogP contribution < -0.4 is 5.32 Å². The maximum Gasteiger partial charge on any atom is 0.341 e. The normalized spacial score (nSPS) is 14.0. The Morgan fingerprint density at radius 3 is 2.88 bits per heavy atom. The van der Waals surface area contributed by atoms with E-state index in [-0.39, 0.29) is 5.69 Å². The number of aryl methyl sites for hydroxylation is 1. The number of thiophene rings is 1. The number of anilines is 1. The summed E-state index contributed by atoms with van der Waals surface area (Å²) in [6.45, 7) is 1.57. The van der Waals surface area contributed by atoms with Gasteiger partial charge in [0.15, 0.2) is 0 Å². The maximum absolute atomic E-state index is 12.5. The fraction of sp³-hybridized carbons (Fsp3) is 0.400. The molecule has 1 unspecified atom stereocenters. The van der Waals surface area contributed by atoms with E-state index in [9.17, 15) is 19.7 Å². The van der Waals surface area contributed by atoms with Gasteiger partial charge in [0.1, 0.15) is 23.4 Å². The van der Waals surface area contributed by atoms with Gasteiger partial charge in [-0.15, -0.1) is 11.3 Å². The van der Waals surface area contributed by atoms with Gasteiger partial charge in [-0.3, -0.25) is 19.6 Å². The maximum atomic E-state index is 12.5. The van der Waals surface area contributed by atoms with Crippen LogP contribution in [-0.4, -0.2) is 33.7 Å². The van der Waals surface area contributed by atoms with Crippen LogP contribution in [0.15, 0.2) is 12.4 Å². The number of nitrogens with one attached hydrogen (secondary N) is 1. The number of rotatable bonds is 5. The van der Waals surface area contributed by atoms with Crippen molar-refractivity contribution in [3.05, 3.63) is 38.5 Å². The number of ether oxygens (including phenoxy) is 1. The Morgan fingerprint density at radius 2 is 2.24 bits per heavy atom. The van der Waals surface area contributed by atoms with Gasteiger partial charge in [0, 0.05) is 4.88 Å². The molecule has 10 heteroatoms. The highest BCUT2D eigenvalue weighted by Gasteiger charge is 2.29. The Balaban J connectivity index is 1.83. The molecule has 0 aromatic carbocycles. The highest BCUT2D eigenvalue weighted by Crippen LogP contribution is 2.39. The highest BCUT2D eigenvalue weighted by atomic mass is 32.1. The minimum absolute atomic E-state index is 0.190. The number of methoxy groups -OCH3 is 1. The number of amides is 1. The van der Waals surface area contributed by atoms with Gasteiger partial charge in [0.25, 0.3) is 0 Å². The molecule has 1 N–H and O–H groups in total. The minimum atomic E-state index is -0.767. The number of nitro groups is 1. The van der Waals surface area contributed by atoms with E-state index in [1.54, 1.807) is 6.92 Å². The van der Waals surface area contributed by atoms with Gasteiger partial charge in [0.2, 0.25) is 5.91 Å². The second kappa shape index (κ2) is 6.63. The number of carbonyl (C=O) groups excluding carboxylic acids is 2. The molecular weight excluding hydrogens is 348 g/mol. The van der Waals surface area contributed by atoms with Crippen LogP contribution in [0.1, 0.15) is 40.2 Å². The Bertz CT molecular complexity index is 856. The molecule has 1 atom stereocenters. The Morgan fingerprint density at radius 1 is 1.48 bits per heavy atom. The van der Waals surface area contributed by atoms with Crippen LogP contribution in [0.2, 0.25) is 0 Å². The summed E-state index contributed by atoms with van der Waals surface area (Å²) >= 11 is 1.37. The lowest BCUT2D eigenvalue weighted by Crippen LogP contribution is -2.24. The van der Waals surface area contributed by atoms with Crippen LogP contribution in [-0.2, 0) is 22.4 Å². The average Bonchev–Trinajstić information content (AvgIpc) is 3.28. The van der Waals surface area contributed by atoms with Crippen LogP contribution >= 0.6 is 11.3 Å². The molecule has 0 spiro atoms. The summed E-state index contributed by atoms with van der Waals surface area (Å²) in [7, 11) is 1.30. The largest absolute Gasteiger partial charge is 0.465 e. The summed E-state index contributed by atoms with van der Waals surface area (Å²) in [4.78, 5) is 35.8. The minimum Gasteiger partial charge on any atom is -0.465 e. The van der Waals surface area contributed by atoms with E-state index >= 15 is 0 Å². The van der Waals surface area contributed by atoms with Gasteiger partial charge < -0.3 is 10.1 Å². The summed E-state index contributed by atoms with van der Waals surface area (Å²) in [5.41, 5.74) is 1.16. The summed E-state index contributed by atoms with van der Waals surface area (Å²) in [5.74, 6) is -0.889. The fourth-order valence-electron chi connectivity index (χ4n) is 2.78. The van der Waals surface area contributed by atoms with Gasteiger partial charge >= 0.3 is 11.7 Å². The molecule has 1 aliphatic carbocycles. The molecule has 0 radical (unpaired) electrons. The molecule has 0 saturated heterocycles. The molecule has 1 aliphatic rings. The Labute approximate surface area is 146 Å². The summed E-state index contributed by atoms with van der Waals surface area (Å²) in [6.07, 6.45) is 4.92. The number of nitrogens with zero attached hydrogens (tertiary/aromatic N) is 3. The molecule has 25 heavy (non-hydrogen) atoms. The molecule has 0 fully saturated rings. The lowest BCUT2D eigenvalue weighted by molar-refractivity contribution is -0.385. The molecule has 1 amide bonds. The average molecular weight is 364 g/mol. The number of hydrogen-bond acceptors (Lipinski definition) is 7. The smallest absolute Gasteiger partial charge is 0.341 e. The second-order valence-corrected chi connectivity index (χ2v) is 6.76. The van der Waals surface area contributed by atoms with Crippen molar-refractivity contribution in [3.8, 4) is 0 Å². The van der Waals surface area contributed by atoms with Crippen LogP contribution in [0.25, 0.3) is 0 Å². The quantitative estimate of drug-likeness (QED) is 0.494. The van der Waals surface area contributed by atoms with E-state index < -0.39 is 22.8 Å². The van der Waals surface area contributed by atoms with Gasteiger partial charge in [-0.2, -0.15) is 5.10 Å². The van der Waals surface area contributed by atoms with E-state index in [2.05, 4.69) is 10.4 Å². The number of hydrogen-bond donors (Lipinski definition) is 1. The van der Waals surface area contributed by atoms with Gasteiger partial charge in [0.05, 0.1) is 17.6 Å². The van der Waals surface area contributed by atoms with Crippen molar-refractivity contribution < 1.29 is 19.2 Å². The van der Waals surface area contributed by atoms with E-state index in [0.717, 1.165) is 35.9 Å². The number of aromatic nitrogens is 2. The predicted octanol–water partition coefficient (Wildman–Crippen LogP) is 2.33. The predicted molar refractivity (Wildman–Crippen MR) is 89.9 cm³/mol. The highest BCUT2D eigenvalue weighted by molar-refractivity contribution is 7.17. The molecule has 9 nitrogen and oxygen atoms in total. The van der Waals surface area contributed by atoms with Crippen LogP contribution in [0, 0.1) is 10.1 Å². The van der Waals surface area contributed by atoms with E-state index in [4.69, 9.17) is 4.74 Å². The van der Waals surface area contributed by atoms with Crippen LogP contribution in [0.5, 0.6) is 0 Å². The van der Waals surface area contributed by atoms with E-state index in [1.807, 2.05) is 0 Å². The molecule has 2 aromatic heterocycles. The molecule has 3 rings (SSSR count). The third-order valence-electron chi connectivity index (χ3n) is 4.12. The monoisotopic (exact) mass is 364 g/mol. The van der Waals surface area contributed by atoms with Crippen LogP contribution in [0.4, 0.5) is 10.7 Å². The zero-order chi connectivity index (χ0) is 18.1. The molecule has 0 aliphatic heterocycles. The lowest BCUT2D eigenvalue weighted by Gasteiger charge is -2.12. The van der Waals surface area contributed by atoms with Gasteiger partial charge in [-0.25, -0.2) is 4.79 Å². The summed E-state index contributed by atoms with van der Waals surface area (Å²) in [6, 6.07) is -0.767. The summed E-state index contributed by atoms with van der Waals surface area (Å²) < 4.78 is 6.06. The zero-order valence-electron chi connectivity index (χ0n) is 13.6. The Hall–Kier alpha value is -2.75. The molecule has 132 valence electrons. The number of esters is 1. The van der Waals surface area contributed by atoms with Crippen molar-refractivity contribution in [1.29, 1.82) is 0 Å². The van der Waals surface area contributed by atoms with Gasteiger partial charge in [-0.05, 0) is 31.7 Å². The fourth-order valence-corrected chi connectivity index (χ4v) is 4.06. The standard InChI is InChI=1S/C15H16N4O5S/c1-8(18-7-9(6-16-18)19(22)23)13(20)17-14-12(15(21)24-2)10-4-3-5-11(10)25-14/h6-8H,3-5H2,1-2H3,(H,17,20). The van der Waals surface area contributed by atoms with E-state index in [0.29, 0.717) is 10.6 Å². The van der Waals surface area contributed by atoms with E-state index in [1.165, 1.54) is 29.3 Å². The topological polar surface area (TPSA) is 116 Å². The van der Waals surface area contributed by atoms with Crippen molar-refractivity contribution >= 4 is 33.9 Å². The SMILES string of the molecule is COC(=O)c1c(NC(=O)C(C)n2cc([N+](=O)[O-])cn2)sc2c1CCC2. The molecule has 2 aromatic rings. The first-order valence-corrected chi connectivity index (χ1v) is 8.46. The molecule has 2 heterocycles. The molecular formula is C15H16N4O5S. The lowest BCUT2D eigenvalue weighted by atomic mass is 10.1. The zero-order valence-corrected chi connectivity index (χ0v) is 14.5.